The highest BCUT2D eigenvalue weighted by Crippen LogP contribution is 2.37. The number of hydrogen-bond donors (Lipinski definition) is 2. The van der Waals surface area contributed by atoms with Gasteiger partial charge in [0.15, 0.2) is 5.16 Å². The van der Waals surface area contributed by atoms with E-state index in [4.69, 9.17) is 0 Å². The summed E-state index contributed by atoms with van der Waals surface area (Å²) < 4.78 is 2.04. The molecule has 3 rings (SSSR count). The SMILES string of the molecule is O=C1CCC(NC(=O)CSc2nncn2C2CC2)CN1. The van der Waals surface area contributed by atoms with Gasteiger partial charge < -0.3 is 15.2 Å². The first-order chi connectivity index (χ1) is 9.72. The number of amides is 2. The Labute approximate surface area is 120 Å². The van der Waals surface area contributed by atoms with E-state index in [9.17, 15) is 9.59 Å². The molecule has 20 heavy (non-hydrogen) atoms. The van der Waals surface area contributed by atoms with E-state index >= 15 is 0 Å². The molecule has 1 saturated heterocycles. The highest BCUT2D eigenvalue weighted by atomic mass is 32.2. The van der Waals surface area contributed by atoms with Gasteiger partial charge in [-0.25, -0.2) is 0 Å². The lowest BCUT2D eigenvalue weighted by atomic mass is 10.1. The lowest BCUT2D eigenvalue weighted by Crippen LogP contribution is -2.48. The molecular weight excluding hydrogens is 278 g/mol. The molecule has 0 radical (unpaired) electrons. The van der Waals surface area contributed by atoms with Crippen molar-refractivity contribution in [2.75, 3.05) is 12.3 Å². The van der Waals surface area contributed by atoms with Crippen LogP contribution in [0.2, 0.25) is 0 Å². The van der Waals surface area contributed by atoms with Crippen LogP contribution >= 0.6 is 11.8 Å². The molecule has 2 aliphatic rings. The maximum Gasteiger partial charge on any atom is 0.230 e. The van der Waals surface area contributed by atoms with Gasteiger partial charge in [-0.15, -0.1) is 10.2 Å². The number of aromatic nitrogens is 3. The predicted octanol–water partition coefficient (Wildman–Crippen LogP) is 0.0999. The molecule has 1 saturated carbocycles. The second kappa shape index (κ2) is 5.82. The smallest absolute Gasteiger partial charge is 0.230 e. The lowest BCUT2D eigenvalue weighted by molar-refractivity contribution is -0.124. The van der Waals surface area contributed by atoms with Crippen molar-refractivity contribution in [2.45, 2.75) is 42.9 Å². The number of nitrogens with one attached hydrogen (secondary N) is 2. The van der Waals surface area contributed by atoms with Gasteiger partial charge in [0.2, 0.25) is 11.8 Å². The van der Waals surface area contributed by atoms with Crippen molar-refractivity contribution in [3.63, 3.8) is 0 Å². The van der Waals surface area contributed by atoms with Gasteiger partial charge in [-0.05, 0) is 19.3 Å². The first kappa shape index (κ1) is 13.4. The topological polar surface area (TPSA) is 88.9 Å². The molecule has 8 heteroatoms. The van der Waals surface area contributed by atoms with Gasteiger partial charge >= 0.3 is 0 Å². The molecule has 2 heterocycles. The monoisotopic (exact) mass is 295 g/mol. The number of thioether (sulfide) groups is 1. The highest BCUT2D eigenvalue weighted by Gasteiger charge is 2.26. The number of nitrogens with zero attached hydrogens (tertiary/aromatic N) is 3. The molecule has 2 amide bonds. The van der Waals surface area contributed by atoms with Crippen molar-refractivity contribution >= 4 is 23.6 Å². The van der Waals surface area contributed by atoms with E-state index in [2.05, 4.69) is 20.8 Å². The molecule has 1 aromatic heterocycles. The maximum absolute atomic E-state index is 11.9. The van der Waals surface area contributed by atoms with E-state index < -0.39 is 0 Å². The number of carbonyl (C=O) groups is 2. The van der Waals surface area contributed by atoms with Gasteiger partial charge in [0.05, 0.1) is 5.75 Å². The molecule has 1 unspecified atom stereocenters. The first-order valence-corrected chi connectivity index (χ1v) is 7.79. The third kappa shape index (κ3) is 3.30. The summed E-state index contributed by atoms with van der Waals surface area (Å²) in [7, 11) is 0. The average molecular weight is 295 g/mol. The fourth-order valence-electron chi connectivity index (χ4n) is 2.19. The Morgan fingerprint density at radius 2 is 2.35 bits per heavy atom. The predicted molar refractivity (Wildman–Crippen MR) is 73.2 cm³/mol. The van der Waals surface area contributed by atoms with Crippen LogP contribution in [-0.2, 0) is 9.59 Å². The average Bonchev–Trinajstić information content (AvgIpc) is 3.18. The van der Waals surface area contributed by atoms with Crippen molar-refractivity contribution in [2.24, 2.45) is 0 Å². The summed E-state index contributed by atoms with van der Waals surface area (Å²) in [4.78, 5) is 22.9. The van der Waals surface area contributed by atoms with Crippen molar-refractivity contribution in [1.29, 1.82) is 0 Å². The van der Waals surface area contributed by atoms with Crippen LogP contribution in [0.3, 0.4) is 0 Å². The second-order valence-corrected chi connectivity index (χ2v) is 6.09. The molecule has 0 aromatic carbocycles. The summed E-state index contributed by atoms with van der Waals surface area (Å²) in [5, 5.41) is 14.4. The molecule has 2 N–H and O–H groups in total. The summed E-state index contributed by atoms with van der Waals surface area (Å²) in [5.74, 6) is 0.361. The van der Waals surface area contributed by atoms with E-state index in [1.165, 1.54) is 24.6 Å². The van der Waals surface area contributed by atoms with Crippen LogP contribution in [0.4, 0.5) is 0 Å². The Balaban J connectivity index is 1.44. The minimum atomic E-state index is -0.0264. The van der Waals surface area contributed by atoms with Gasteiger partial charge in [-0.1, -0.05) is 11.8 Å². The Kier molecular flexibility index (Phi) is 3.90. The number of carbonyl (C=O) groups excluding carboxylic acids is 2. The van der Waals surface area contributed by atoms with Crippen LogP contribution in [0.1, 0.15) is 31.7 Å². The van der Waals surface area contributed by atoms with Gasteiger partial charge in [0.1, 0.15) is 6.33 Å². The molecule has 108 valence electrons. The number of hydrogen-bond acceptors (Lipinski definition) is 5. The van der Waals surface area contributed by atoms with Crippen LogP contribution in [0.5, 0.6) is 0 Å². The Hall–Kier alpha value is -1.57. The van der Waals surface area contributed by atoms with Crippen LogP contribution in [0.15, 0.2) is 11.5 Å². The summed E-state index contributed by atoms with van der Waals surface area (Å²) in [6, 6.07) is 0.561. The van der Waals surface area contributed by atoms with Crippen LogP contribution in [0.25, 0.3) is 0 Å². The summed E-state index contributed by atoms with van der Waals surface area (Å²) >= 11 is 1.41. The standard InChI is InChI=1S/C12H17N5O2S/c18-10-4-1-8(5-13-10)15-11(19)6-20-12-16-14-7-17(12)9-2-3-9/h7-9H,1-6H2,(H,13,18)(H,15,19). The Morgan fingerprint density at radius 3 is 3.05 bits per heavy atom. The van der Waals surface area contributed by atoms with Gasteiger partial charge in [-0.3, -0.25) is 9.59 Å². The molecular formula is C12H17N5O2S. The van der Waals surface area contributed by atoms with Crippen LogP contribution < -0.4 is 10.6 Å². The van der Waals surface area contributed by atoms with Gasteiger partial charge in [0.25, 0.3) is 0 Å². The summed E-state index contributed by atoms with van der Waals surface area (Å²) in [6.07, 6.45) is 5.25. The third-order valence-electron chi connectivity index (χ3n) is 3.44. The van der Waals surface area contributed by atoms with Crippen molar-refractivity contribution in [3.8, 4) is 0 Å². The Bertz CT molecular complexity index is 504. The van der Waals surface area contributed by atoms with Gasteiger partial charge in [-0.2, -0.15) is 0 Å². The fraction of sp³-hybridized carbons (Fsp3) is 0.667. The quantitative estimate of drug-likeness (QED) is 0.752. The summed E-state index contributed by atoms with van der Waals surface area (Å²) in [5.41, 5.74) is 0. The van der Waals surface area contributed by atoms with Crippen LogP contribution in [-0.4, -0.2) is 44.9 Å². The molecule has 2 fully saturated rings. The zero-order valence-electron chi connectivity index (χ0n) is 11.0. The molecule has 1 atom stereocenters. The minimum Gasteiger partial charge on any atom is -0.354 e. The summed E-state index contributed by atoms with van der Waals surface area (Å²) in [6.45, 7) is 0.521. The molecule has 0 spiro atoms. The van der Waals surface area contributed by atoms with Crippen molar-refractivity contribution in [1.82, 2.24) is 25.4 Å². The van der Waals surface area contributed by atoms with E-state index in [0.29, 0.717) is 31.2 Å². The van der Waals surface area contributed by atoms with E-state index in [1.54, 1.807) is 6.33 Å². The van der Waals surface area contributed by atoms with Gasteiger partial charge in [0, 0.05) is 25.0 Å². The Morgan fingerprint density at radius 1 is 1.50 bits per heavy atom. The van der Waals surface area contributed by atoms with Crippen LogP contribution in [0, 0.1) is 0 Å². The highest BCUT2D eigenvalue weighted by molar-refractivity contribution is 7.99. The molecule has 7 nitrogen and oxygen atoms in total. The third-order valence-corrected chi connectivity index (χ3v) is 4.40. The van der Waals surface area contributed by atoms with Crippen molar-refractivity contribution < 1.29 is 9.59 Å². The minimum absolute atomic E-state index is 0.0264. The lowest BCUT2D eigenvalue weighted by Gasteiger charge is -2.23. The van der Waals surface area contributed by atoms with E-state index in [1.807, 2.05) is 4.57 Å². The first-order valence-electron chi connectivity index (χ1n) is 6.81. The second-order valence-electron chi connectivity index (χ2n) is 5.15. The largest absolute Gasteiger partial charge is 0.354 e. The molecule has 1 aromatic rings. The van der Waals surface area contributed by atoms with E-state index in [-0.39, 0.29) is 17.9 Å². The van der Waals surface area contributed by atoms with E-state index in [0.717, 1.165) is 5.16 Å². The molecule has 1 aliphatic carbocycles. The number of rotatable bonds is 5. The zero-order chi connectivity index (χ0) is 13.9. The molecule has 0 bridgehead atoms. The zero-order valence-corrected chi connectivity index (χ0v) is 11.9. The molecule has 1 aliphatic heterocycles. The maximum atomic E-state index is 11.9. The number of piperidine rings is 1. The fourth-order valence-corrected chi connectivity index (χ4v) is 2.99. The van der Waals surface area contributed by atoms with Crippen molar-refractivity contribution in [3.05, 3.63) is 6.33 Å². The normalized spacial score (nSPS) is 22.4.